The number of benzene rings is 1. The molecule has 0 aliphatic heterocycles. The van der Waals surface area contributed by atoms with Gasteiger partial charge in [0.05, 0.1) is 21.9 Å². The van der Waals surface area contributed by atoms with Crippen molar-refractivity contribution >= 4 is 40.1 Å². The van der Waals surface area contributed by atoms with Crippen molar-refractivity contribution in [3.63, 3.8) is 0 Å². The molecule has 0 atom stereocenters. The Hall–Kier alpha value is -1.26. The van der Waals surface area contributed by atoms with Gasteiger partial charge < -0.3 is 9.88 Å². The Kier molecular flexibility index (Phi) is 4.66. The first-order chi connectivity index (χ1) is 9.17. The van der Waals surface area contributed by atoms with Crippen molar-refractivity contribution in [2.75, 3.05) is 6.54 Å². The molecule has 0 aliphatic carbocycles. The molecule has 2 aromatic rings. The van der Waals surface area contributed by atoms with Gasteiger partial charge in [-0.15, -0.1) is 11.6 Å². The largest absolute Gasteiger partial charge is 0.355 e. The Morgan fingerprint density at radius 1 is 1.47 bits per heavy atom. The monoisotopic (exact) mass is 299 g/mol. The molecule has 1 aromatic heterocycles. The van der Waals surface area contributed by atoms with E-state index < -0.39 is 0 Å². The second-order valence-electron chi connectivity index (χ2n) is 4.21. The molecular weight excluding hydrogens is 285 g/mol. The quantitative estimate of drug-likeness (QED) is 0.863. The summed E-state index contributed by atoms with van der Waals surface area (Å²) in [6.07, 6.45) is 0.902. The number of imidazole rings is 1. The number of nitrogens with one attached hydrogen (secondary N) is 1. The van der Waals surface area contributed by atoms with Crippen LogP contribution in [0.4, 0.5) is 0 Å². The van der Waals surface area contributed by atoms with E-state index in [0.29, 0.717) is 17.4 Å². The highest BCUT2D eigenvalue weighted by molar-refractivity contribution is 6.35. The number of nitrogens with zero attached hydrogens (tertiary/aromatic N) is 2. The molecule has 19 heavy (non-hydrogen) atoms. The molecule has 0 saturated heterocycles. The minimum absolute atomic E-state index is 0.0626. The number of halogens is 2. The van der Waals surface area contributed by atoms with E-state index in [1.165, 1.54) is 0 Å². The van der Waals surface area contributed by atoms with Crippen LogP contribution in [-0.2, 0) is 17.2 Å². The number of hydrogen-bond acceptors (Lipinski definition) is 2. The van der Waals surface area contributed by atoms with Crippen LogP contribution in [0.3, 0.4) is 0 Å². The van der Waals surface area contributed by atoms with Crippen molar-refractivity contribution in [1.82, 2.24) is 14.9 Å². The summed E-state index contributed by atoms with van der Waals surface area (Å²) < 4.78 is 1.77. The van der Waals surface area contributed by atoms with Crippen molar-refractivity contribution in [3.05, 3.63) is 29.0 Å². The number of para-hydroxylation sites is 1. The Morgan fingerprint density at radius 2 is 2.26 bits per heavy atom. The highest BCUT2D eigenvalue weighted by Gasteiger charge is 2.14. The highest BCUT2D eigenvalue weighted by atomic mass is 35.5. The minimum Gasteiger partial charge on any atom is -0.355 e. The molecule has 2 rings (SSSR count). The summed E-state index contributed by atoms with van der Waals surface area (Å²) in [6, 6.07) is 5.47. The average Bonchev–Trinajstić information content (AvgIpc) is 2.75. The summed E-state index contributed by atoms with van der Waals surface area (Å²) in [4.78, 5) is 16.2. The third-order valence-corrected chi connectivity index (χ3v) is 3.33. The fraction of sp³-hybridized carbons (Fsp3) is 0.385. The molecule has 1 heterocycles. The van der Waals surface area contributed by atoms with Crippen LogP contribution in [-0.4, -0.2) is 22.0 Å². The van der Waals surface area contributed by atoms with Crippen LogP contribution in [0.15, 0.2) is 18.2 Å². The topological polar surface area (TPSA) is 46.9 Å². The number of aromatic nitrogens is 2. The molecule has 1 N–H and O–H groups in total. The van der Waals surface area contributed by atoms with Gasteiger partial charge >= 0.3 is 0 Å². The van der Waals surface area contributed by atoms with Crippen molar-refractivity contribution in [2.45, 2.75) is 25.8 Å². The summed E-state index contributed by atoms with van der Waals surface area (Å²) >= 11 is 12.1. The molecule has 1 amide bonds. The Labute approximate surface area is 121 Å². The number of amides is 1. The van der Waals surface area contributed by atoms with Gasteiger partial charge in [-0.2, -0.15) is 0 Å². The van der Waals surface area contributed by atoms with Crippen LogP contribution < -0.4 is 5.32 Å². The second-order valence-corrected chi connectivity index (χ2v) is 4.88. The number of carbonyl (C=O) groups is 1. The van der Waals surface area contributed by atoms with E-state index in [4.69, 9.17) is 23.2 Å². The fourth-order valence-corrected chi connectivity index (χ4v) is 2.40. The predicted octanol–water partition coefficient (Wildman–Crippen LogP) is 2.95. The van der Waals surface area contributed by atoms with Gasteiger partial charge in [0, 0.05) is 6.54 Å². The molecule has 0 bridgehead atoms. The normalized spacial score (nSPS) is 10.9. The van der Waals surface area contributed by atoms with Crippen molar-refractivity contribution in [1.29, 1.82) is 0 Å². The molecule has 4 nitrogen and oxygen atoms in total. The summed E-state index contributed by atoms with van der Waals surface area (Å²) in [5, 5.41) is 3.41. The lowest BCUT2D eigenvalue weighted by Gasteiger charge is -2.08. The second kappa shape index (κ2) is 6.26. The Bertz CT molecular complexity index is 595. The van der Waals surface area contributed by atoms with Crippen LogP contribution in [0, 0.1) is 0 Å². The zero-order chi connectivity index (χ0) is 13.8. The minimum atomic E-state index is -0.0626. The van der Waals surface area contributed by atoms with Crippen LogP contribution in [0.25, 0.3) is 11.0 Å². The van der Waals surface area contributed by atoms with E-state index in [2.05, 4.69) is 10.3 Å². The van der Waals surface area contributed by atoms with Crippen molar-refractivity contribution < 1.29 is 4.79 Å². The molecule has 6 heteroatoms. The van der Waals surface area contributed by atoms with Crippen LogP contribution >= 0.6 is 23.2 Å². The first-order valence-electron chi connectivity index (χ1n) is 6.13. The van der Waals surface area contributed by atoms with E-state index in [0.717, 1.165) is 17.5 Å². The van der Waals surface area contributed by atoms with Crippen LogP contribution in [0.2, 0.25) is 5.02 Å². The van der Waals surface area contributed by atoms with Gasteiger partial charge in [0.25, 0.3) is 0 Å². The van der Waals surface area contributed by atoms with E-state index in [1.807, 2.05) is 19.1 Å². The zero-order valence-corrected chi connectivity index (χ0v) is 12.1. The van der Waals surface area contributed by atoms with Gasteiger partial charge in [-0.05, 0) is 18.6 Å². The lowest BCUT2D eigenvalue weighted by Crippen LogP contribution is -2.28. The maximum Gasteiger partial charge on any atom is 0.240 e. The van der Waals surface area contributed by atoms with Crippen molar-refractivity contribution in [2.24, 2.45) is 0 Å². The lowest BCUT2D eigenvalue weighted by molar-refractivity contribution is -0.121. The Morgan fingerprint density at radius 3 is 2.95 bits per heavy atom. The summed E-state index contributed by atoms with van der Waals surface area (Å²) in [5.74, 6) is 0.829. The van der Waals surface area contributed by atoms with Crippen molar-refractivity contribution in [3.8, 4) is 0 Å². The molecule has 0 unspecified atom stereocenters. The molecule has 1 aromatic carbocycles. The van der Waals surface area contributed by atoms with Gasteiger partial charge in [-0.3, -0.25) is 4.79 Å². The van der Waals surface area contributed by atoms with E-state index in [-0.39, 0.29) is 18.3 Å². The van der Waals surface area contributed by atoms with E-state index in [9.17, 15) is 4.79 Å². The standard InChI is InChI=1S/C13H15Cl2N3O/c1-2-6-16-12(19)8-18-11(7-14)17-10-5-3-4-9(15)13(10)18/h3-5H,2,6-8H2,1H3,(H,16,19). The van der Waals surface area contributed by atoms with Gasteiger partial charge in [-0.25, -0.2) is 4.98 Å². The zero-order valence-electron chi connectivity index (χ0n) is 10.6. The number of hydrogen-bond donors (Lipinski definition) is 1. The molecule has 0 saturated carbocycles. The van der Waals surface area contributed by atoms with Gasteiger partial charge in [0.15, 0.2) is 0 Å². The molecule has 0 spiro atoms. The SMILES string of the molecule is CCCNC(=O)Cn1c(CCl)nc2cccc(Cl)c21. The third kappa shape index (κ3) is 3.01. The molecule has 102 valence electrons. The van der Waals surface area contributed by atoms with Gasteiger partial charge in [0.2, 0.25) is 5.91 Å². The smallest absolute Gasteiger partial charge is 0.240 e. The summed E-state index contributed by atoms with van der Waals surface area (Å²) in [7, 11) is 0. The van der Waals surface area contributed by atoms with E-state index in [1.54, 1.807) is 10.6 Å². The van der Waals surface area contributed by atoms with E-state index >= 15 is 0 Å². The third-order valence-electron chi connectivity index (χ3n) is 2.79. The lowest BCUT2D eigenvalue weighted by atomic mass is 10.3. The molecule has 0 fully saturated rings. The molecular formula is C13H15Cl2N3O. The fourth-order valence-electron chi connectivity index (χ4n) is 1.93. The molecule has 0 radical (unpaired) electrons. The maximum absolute atomic E-state index is 11.8. The number of fused-ring (bicyclic) bond motifs is 1. The highest BCUT2D eigenvalue weighted by Crippen LogP contribution is 2.25. The van der Waals surface area contributed by atoms with Crippen LogP contribution in [0.5, 0.6) is 0 Å². The number of alkyl halides is 1. The molecule has 0 aliphatic rings. The summed E-state index contributed by atoms with van der Waals surface area (Å²) in [5.41, 5.74) is 1.51. The first kappa shape index (κ1) is 14.2. The average molecular weight is 300 g/mol. The maximum atomic E-state index is 11.8. The first-order valence-corrected chi connectivity index (χ1v) is 7.05. The predicted molar refractivity (Wildman–Crippen MR) is 77.6 cm³/mol. The number of rotatable bonds is 5. The van der Waals surface area contributed by atoms with Gasteiger partial charge in [-0.1, -0.05) is 24.6 Å². The number of carbonyl (C=O) groups excluding carboxylic acids is 1. The summed E-state index contributed by atoms with van der Waals surface area (Å²) in [6.45, 7) is 2.85. The Balaban J connectivity index is 2.37. The van der Waals surface area contributed by atoms with Crippen LogP contribution in [0.1, 0.15) is 19.2 Å². The van der Waals surface area contributed by atoms with Gasteiger partial charge in [0.1, 0.15) is 12.4 Å².